The van der Waals surface area contributed by atoms with Crippen LogP contribution in [-0.2, 0) is 11.5 Å². The van der Waals surface area contributed by atoms with Gasteiger partial charge in [-0.25, -0.2) is 14.6 Å². The Morgan fingerprint density at radius 3 is 2.62 bits per heavy atom. The standard InChI is InChI=1S/C25H36N6O2Si/c1-25(7-8-25)33-19-5-6-21-20(15-19)24(31(29-21)18-32-13-14-34(2,3)4)22-16-23(28-17-27-22)30-11-9-26-10-12-30/h5-6,15-17,26H,7-14,18H2,1-4H3/q-1. The van der Waals surface area contributed by atoms with E-state index in [-0.39, 0.29) is 5.60 Å². The Morgan fingerprint density at radius 2 is 1.88 bits per heavy atom. The number of anilines is 1. The summed E-state index contributed by atoms with van der Waals surface area (Å²) >= 11 is 0. The van der Waals surface area contributed by atoms with E-state index < -0.39 is 8.07 Å². The molecule has 2 aliphatic rings. The summed E-state index contributed by atoms with van der Waals surface area (Å²) in [5, 5.41) is 9.31. The molecule has 1 aromatic carbocycles. The molecule has 1 aliphatic heterocycles. The minimum atomic E-state index is -1.16. The molecule has 5 rings (SSSR count). The molecule has 2 aromatic heterocycles. The first kappa shape index (κ1) is 23.3. The van der Waals surface area contributed by atoms with Crippen LogP contribution >= 0.6 is 0 Å². The van der Waals surface area contributed by atoms with Gasteiger partial charge in [-0.15, -0.1) is 14.1 Å². The van der Waals surface area contributed by atoms with E-state index in [4.69, 9.17) is 14.6 Å². The summed E-state index contributed by atoms with van der Waals surface area (Å²) < 4.78 is 14.3. The maximum Gasteiger partial charge on any atom is 0.139 e. The summed E-state index contributed by atoms with van der Waals surface area (Å²) in [6, 6.07) is 9.37. The molecule has 183 valence electrons. The van der Waals surface area contributed by atoms with Gasteiger partial charge in [0, 0.05) is 44.2 Å². The SMILES string of the molecule is CC1(Oc2ccc3nn(COCC[Si-](C)(C)C)c(-c4cc(N5CCNCC5)ncn4)c3c2)CC1. The molecule has 0 amide bonds. The van der Waals surface area contributed by atoms with Gasteiger partial charge in [-0.3, -0.25) is 0 Å². The molecular formula is C25H36N6O2Si-. The highest BCUT2D eigenvalue weighted by molar-refractivity contribution is 6.76. The second-order valence-electron chi connectivity index (χ2n) is 10.9. The van der Waals surface area contributed by atoms with Crippen LogP contribution in [0.3, 0.4) is 0 Å². The van der Waals surface area contributed by atoms with Crippen LogP contribution in [0, 0.1) is 0 Å². The molecule has 1 saturated carbocycles. The molecule has 0 spiro atoms. The third kappa shape index (κ3) is 5.42. The first-order chi connectivity index (χ1) is 16.3. The lowest BCUT2D eigenvalue weighted by molar-refractivity contribution is 0.0802. The first-order valence-corrected chi connectivity index (χ1v) is 16.1. The van der Waals surface area contributed by atoms with Gasteiger partial charge in [-0.2, -0.15) is 24.7 Å². The topological polar surface area (TPSA) is 77.3 Å². The van der Waals surface area contributed by atoms with Gasteiger partial charge in [-0.1, -0.05) is 0 Å². The molecule has 1 saturated heterocycles. The van der Waals surface area contributed by atoms with E-state index in [1.165, 1.54) is 0 Å². The molecule has 1 N–H and O–H groups in total. The van der Waals surface area contributed by atoms with Crippen molar-refractivity contribution >= 4 is 24.8 Å². The average Bonchev–Trinajstić information content (AvgIpc) is 3.43. The van der Waals surface area contributed by atoms with Crippen molar-refractivity contribution < 1.29 is 9.47 Å². The zero-order valence-corrected chi connectivity index (χ0v) is 21.8. The number of hydrogen-bond donors (Lipinski definition) is 1. The molecule has 1 aliphatic carbocycles. The van der Waals surface area contributed by atoms with Crippen LogP contribution in [0.2, 0.25) is 25.7 Å². The van der Waals surface area contributed by atoms with Crippen molar-refractivity contribution in [2.45, 2.75) is 57.8 Å². The quantitative estimate of drug-likeness (QED) is 0.364. The molecule has 0 radical (unpaired) electrons. The Hall–Kier alpha value is -2.49. The van der Waals surface area contributed by atoms with Crippen LogP contribution < -0.4 is 15.0 Å². The summed E-state index contributed by atoms with van der Waals surface area (Å²) in [5.74, 6) is 1.83. The van der Waals surface area contributed by atoms with E-state index in [0.717, 1.165) is 85.5 Å². The van der Waals surface area contributed by atoms with Gasteiger partial charge in [0.2, 0.25) is 0 Å². The molecular weight excluding hydrogens is 444 g/mol. The number of ether oxygens (including phenoxy) is 2. The summed E-state index contributed by atoms with van der Waals surface area (Å²) in [6.45, 7) is 14.2. The second kappa shape index (κ2) is 9.28. The molecule has 3 heterocycles. The van der Waals surface area contributed by atoms with E-state index in [1.807, 2.05) is 16.8 Å². The first-order valence-electron chi connectivity index (χ1n) is 12.4. The molecule has 0 bridgehead atoms. The molecule has 0 unspecified atom stereocenters. The summed E-state index contributed by atoms with van der Waals surface area (Å²) in [7, 11) is -1.16. The Bertz CT molecular complexity index is 1150. The third-order valence-electron chi connectivity index (χ3n) is 6.57. The number of rotatable bonds is 9. The second-order valence-corrected chi connectivity index (χ2v) is 16.5. The number of hydrogen-bond acceptors (Lipinski definition) is 7. The number of aromatic nitrogens is 4. The largest absolute Gasteiger partial charge is 0.488 e. The van der Waals surface area contributed by atoms with E-state index >= 15 is 0 Å². The molecule has 8 nitrogen and oxygen atoms in total. The Morgan fingerprint density at radius 1 is 1.09 bits per heavy atom. The summed E-state index contributed by atoms with van der Waals surface area (Å²) in [5.41, 5.74) is 2.69. The lowest BCUT2D eigenvalue weighted by Crippen LogP contribution is -2.43. The number of nitrogens with one attached hydrogen (secondary N) is 1. The Labute approximate surface area is 202 Å². The van der Waals surface area contributed by atoms with Crippen LogP contribution in [0.25, 0.3) is 22.3 Å². The zero-order valence-electron chi connectivity index (χ0n) is 20.8. The minimum Gasteiger partial charge on any atom is -0.488 e. The molecule has 2 fully saturated rings. The van der Waals surface area contributed by atoms with Crippen molar-refractivity contribution in [3.8, 4) is 17.1 Å². The van der Waals surface area contributed by atoms with Crippen LogP contribution in [0.1, 0.15) is 19.8 Å². The van der Waals surface area contributed by atoms with Gasteiger partial charge in [-0.05, 0) is 38.0 Å². The highest BCUT2D eigenvalue weighted by atomic mass is 28.3. The van der Waals surface area contributed by atoms with Gasteiger partial charge in [0.15, 0.2) is 0 Å². The fourth-order valence-electron chi connectivity index (χ4n) is 4.17. The third-order valence-corrected chi connectivity index (χ3v) is 8.28. The van der Waals surface area contributed by atoms with Crippen LogP contribution in [-0.4, -0.2) is 66.2 Å². The maximum absolute atomic E-state index is 6.26. The van der Waals surface area contributed by atoms with Crippen molar-refractivity contribution in [3.63, 3.8) is 0 Å². The van der Waals surface area contributed by atoms with Gasteiger partial charge in [0.05, 0.1) is 16.9 Å². The lowest BCUT2D eigenvalue weighted by Gasteiger charge is -2.28. The minimum absolute atomic E-state index is 0.0336. The van der Waals surface area contributed by atoms with Gasteiger partial charge in [0.1, 0.15) is 30.2 Å². The number of fused-ring (bicyclic) bond motifs is 1. The number of nitrogens with zero attached hydrogens (tertiary/aromatic N) is 5. The van der Waals surface area contributed by atoms with Crippen molar-refractivity contribution in [1.82, 2.24) is 25.1 Å². The van der Waals surface area contributed by atoms with Crippen molar-refractivity contribution in [1.29, 1.82) is 0 Å². The van der Waals surface area contributed by atoms with Gasteiger partial charge in [0.25, 0.3) is 0 Å². The van der Waals surface area contributed by atoms with Crippen LogP contribution in [0.15, 0.2) is 30.6 Å². The highest BCUT2D eigenvalue weighted by Crippen LogP contribution is 2.41. The van der Waals surface area contributed by atoms with Crippen molar-refractivity contribution in [2.75, 3.05) is 37.7 Å². The van der Waals surface area contributed by atoms with Crippen molar-refractivity contribution in [2.24, 2.45) is 0 Å². The maximum atomic E-state index is 6.26. The van der Waals surface area contributed by atoms with E-state index in [0.29, 0.717) is 6.73 Å². The van der Waals surface area contributed by atoms with E-state index in [2.05, 4.69) is 58.9 Å². The Balaban J connectivity index is 1.49. The Kier molecular flexibility index (Phi) is 6.35. The normalized spacial score (nSPS) is 17.8. The summed E-state index contributed by atoms with van der Waals surface area (Å²) in [6.07, 6.45) is 3.86. The van der Waals surface area contributed by atoms with E-state index in [9.17, 15) is 0 Å². The van der Waals surface area contributed by atoms with Gasteiger partial charge >= 0.3 is 0 Å². The smallest absolute Gasteiger partial charge is 0.139 e. The van der Waals surface area contributed by atoms with Crippen LogP contribution in [0.5, 0.6) is 5.75 Å². The number of benzene rings is 1. The van der Waals surface area contributed by atoms with Gasteiger partial charge < -0.3 is 19.7 Å². The van der Waals surface area contributed by atoms with Crippen molar-refractivity contribution in [3.05, 3.63) is 30.6 Å². The molecule has 9 heteroatoms. The monoisotopic (exact) mass is 480 g/mol. The van der Waals surface area contributed by atoms with Crippen LogP contribution in [0.4, 0.5) is 5.82 Å². The zero-order chi connectivity index (χ0) is 23.8. The van der Waals surface area contributed by atoms with E-state index in [1.54, 1.807) is 6.33 Å². The molecule has 0 atom stereocenters. The molecule has 34 heavy (non-hydrogen) atoms. The predicted molar refractivity (Wildman–Crippen MR) is 138 cm³/mol. The fraction of sp³-hybridized carbons (Fsp3) is 0.560. The molecule has 3 aromatic rings. The summed E-state index contributed by atoms with van der Waals surface area (Å²) in [4.78, 5) is 11.5. The average molecular weight is 481 g/mol. The lowest BCUT2D eigenvalue weighted by atomic mass is 10.1. The number of piperazine rings is 1. The predicted octanol–water partition coefficient (Wildman–Crippen LogP) is 4.15. The fourth-order valence-corrected chi connectivity index (χ4v) is 4.93. The highest BCUT2D eigenvalue weighted by Gasteiger charge is 2.40.